The van der Waals surface area contributed by atoms with Crippen LogP contribution in [0.3, 0.4) is 0 Å². The average molecular weight is 277 g/mol. The summed E-state index contributed by atoms with van der Waals surface area (Å²) < 4.78 is 5.83. The van der Waals surface area contributed by atoms with Gasteiger partial charge in [0, 0.05) is 38.0 Å². The molecule has 2 rings (SSSR count). The number of likely N-dealkylation sites (N-methyl/N-ethyl adjacent to an activating group) is 1. The molecule has 0 aromatic carbocycles. The first-order valence-electron chi connectivity index (χ1n) is 7.73. The van der Waals surface area contributed by atoms with Gasteiger partial charge >= 0.3 is 0 Å². The van der Waals surface area contributed by atoms with Crippen LogP contribution in [0.25, 0.3) is 0 Å². The molecule has 1 aliphatic heterocycles. The first-order chi connectivity index (χ1) is 9.72. The van der Waals surface area contributed by atoms with Crippen molar-refractivity contribution in [3.63, 3.8) is 0 Å². The molecule has 0 amide bonds. The first kappa shape index (κ1) is 15.3. The van der Waals surface area contributed by atoms with E-state index in [0.717, 1.165) is 31.9 Å². The Morgan fingerprint density at radius 1 is 1.50 bits per heavy atom. The molecule has 0 aliphatic carbocycles. The second-order valence-electron chi connectivity index (χ2n) is 5.56. The second kappa shape index (κ2) is 7.60. The van der Waals surface area contributed by atoms with Crippen molar-refractivity contribution in [2.75, 3.05) is 31.6 Å². The number of nitrogens with one attached hydrogen (secondary N) is 1. The molecule has 1 saturated heterocycles. The van der Waals surface area contributed by atoms with Crippen molar-refractivity contribution >= 4 is 5.82 Å². The Labute approximate surface area is 122 Å². The lowest BCUT2D eigenvalue weighted by molar-refractivity contribution is 0.0215. The van der Waals surface area contributed by atoms with Gasteiger partial charge in [-0.2, -0.15) is 0 Å². The summed E-state index contributed by atoms with van der Waals surface area (Å²) in [5, 5.41) is 3.46. The Hall–Kier alpha value is -1.13. The minimum Gasteiger partial charge on any atom is -0.376 e. The van der Waals surface area contributed by atoms with Crippen LogP contribution >= 0.6 is 0 Å². The third kappa shape index (κ3) is 3.93. The third-order valence-electron chi connectivity index (χ3n) is 3.91. The Morgan fingerprint density at radius 3 is 3.05 bits per heavy atom. The summed E-state index contributed by atoms with van der Waals surface area (Å²) >= 11 is 0. The molecule has 1 aliphatic rings. The van der Waals surface area contributed by atoms with Gasteiger partial charge in [0.2, 0.25) is 0 Å². The largest absolute Gasteiger partial charge is 0.376 e. The van der Waals surface area contributed by atoms with Crippen LogP contribution in [0.15, 0.2) is 18.3 Å². The van der Waals surface area contributed by atoms with E-state index in [0.29, 0.717) is 12.1 Å². The average Bonchev–Trinajstić information content (AvgIpc) is 2.48. The Balaban J connectivity index is 2.06. The van der Waals surface area contributed by atoms with E-state index in [1.165, 1.54) is 18.4 Å². The van der Waals surface area contributed by atoms with Gasteiger partial charge in [0.15, 0.2) is 0 Å². The summed E-state index contributed by atoms with van der Waals surface area (Å²) in [7, 11) is 2.11. The Bertz CT molecular complexity index is 404. The fourth-order valence-electron chi connectivity index (χ4n) is 2.83. The third-order valence-corrected chi connectivity index (χ3v) is 3.91. The van der Waals surface area contributed by atoms with Gasteiger partial charge in [0.05, 0.1) is 6.10 Å². The van der Waals surface area contributed by atoms with Crippen molar-refractivity contribution in [2.45, 2.75) is 45.3 Å². The summed E-state index contributed by atoms with van der Waals surface area (Å²) in [5.74, 6) is 1.06. The summed E-state index contributed by atoms with van der Waals surface area (Å²) in [5.41, 5.74) is 1.26. The molecule has 1 aromatic rings. The van der Waals surface area contributed by atoms with Gasteiger partial charge in [0.25, 0.3) is 0 Å². The molecule has 1 fully saturated rings. The number of aromatic nitrogens is 1. The van der Waals surface area contributed by atoms with Crippen molar-refractivity contribution in [1.29, 1.82) is 0 Å². The van der Waals surface area contributed by atoms with E-state index in [2.05, 4.69) is 42.2 Å². The molecule has 2 heterocycles. The minimum atomic E-state index is 0.318. The molecule has 0 bridgehead atoms. The topological polar surface area (TPSA) is 37.4 Å². The summed E-state index contributed by atoms with van der Waals surface area (Å²) in [6.07, 6.45) is 5.86. The van der Waals surface area contributed by atoms with Crippen molar-refractivity contribution < 1.29 is 4.74 Å². The molecular formula is C16H27N3O. The number of rotatable bonds is 6. The standard InChI is InChI=1S/C16H27N3O/c1-4-17-13(2)15-9-7-10-18-16(15)19(3)12-14-8-5-6-11-20-14/h7,9-10,13-14,17H,4-6,8,11-12H2,1-3H3. The highest BCUT2D eigenvalue weighted by Gasteiger charge is 2.19. The van der Waals surface area contributed by atoms with Crippen molar-refractivity contribution in [2.24, 2.45) is 0 Å². The molecule has 20 heavy (non-hydrogen) atoms. The number of nitrogens with zero attached hydrogens (tertiary/aromatic N) is 2. The lowest BCUT2D eigenvalue weighted by Crippen LogP contribution is -2.34. The quantitative estimate of drug-likeness (QED) is 0.867. The van der Waals surface area contributed by atoms with Crippen molar-refractivity contribution in [3.05, 3.63) is 23.9 Å². The predicted molar refractivity (Wildman–Crippen MR) is 83.2 cm³/mol. The van der Waals surface area contributed by atoms with E-state index in [1.54, 1.807) is 0 Å². The van der Waals surface area contributed by atoms with E-state index >= 15 is 0 Å². The predicted octanol–water partition coefficient (Wildman–Crippen LogP) is 2.76. The van der Waals surface area contributed by atoms with E-state index < -0.39 is 0 Å². The van der Waals surface area contributed by atoms with Gasteiger partial charge in [-0.15, -0.1) is 0 Å². The zero-order valence-corrected chi connectivity index (χ0v) is 12.9. The normalized spacial score (nSPS) is 20.6. The molecule has 4 heteroatoms. The van der Waals surface area contributed by atoms with E-state index in [4.69, 9.17) is 4.74 Å². The number of anilines is 1. The monoisotopic (exact) mass is 277 g/mol. The molecule has 112 valence electrons. The van der Waals surface area contributed by atoms with Gasteiger partial charge in [-0.25, -0.2) is 4.98 Å². The van der Waals surface area contributed by atoms with Gasteiger partial charge in [0.1, 0.15) is 5.82 Å². The van der Waals surface area contributed by atoms with Gasteiger partial charge in [-0.3, -0.25) is 0 Å². The smallest absolute Gasteiger partial charge is 0.133 e. The van der Waals surface area contributed by atoms with E-state index in [9.17, 15) is 0 Å². The van der Waals surface area contributed by atoms with Crippen LogP contribution in [0, 0.1) is 0 Å². The van der Waals surface area contributed by atoms with Crippen LogP contribution in [0.4, 0.5) is 5.82 Å². The summed E-state index contributed by atoms with van der Waals surface area (Å²) in [6.45, 7) is 7.11. The Kier molecular flexibility index (Phi) is 5.80. The highest BCUT2D eigenvalue weighted by molar-refractivity contribution is 5.47. The van der Waals surface area contributed by atoms with Crippen LogP contribution < -0.4 is 10.2 Å². The SMILES string of the molecule is CCNC(C)c1cccnc1N(C)CC1CCCCO1. The zero-order valence-electron chi connectivity index (χ0n) is 12.9. The van der Waals surface area contributed by atoms with Crippen LogP contribution in [-0.4, -0.2) is 37.8 Å². The zero-order chi connectivity index (χ0) is 14.4. The highest BCUT2D eigenvalue weighted by Crippen LogP contribution is 2.24. The van der Waals surface area contributed by atoms with Crippen molar-refractivity contribution in [1.82, 2.24) is 10.3 Å². The maximum absolute atomic E-state index is 5.83. The number of hydrogen-bond acceptors (Lipinski definition) is 4. The van der Waals surface area contributed by atoms with E-state index in [-0.39, 0.29) is 0 Å². The maximum Gasteiger partial charge on any atom is 0.133 e. The van der Waals surface area contributed by atoms with Crippen LogP contribution in [0.1, 0.15) is 44.7 Å². The summed E-state index contributed by atoms with van der Waals surface area (Å²) in [6, 6.07) is 4.49. The van der Waals surface area contributed by atoms with Gasteiger partial charge in [-0.1, -0.05) is 13.0 Å². The van der Waals surface area contributed by atoms with Gasteiger partial charge < -0.3 is 15.0 Å². The Morgan fingerprint density at radius 2 is 2.35 bits per heavy atom. The molecule has 2 atom stereocenters. The molecule has 1 N–H and O–H groups in total. The second-order valence-corrected chi connectivity index (χ2v) is 5.56. The summed E-state index contributed by atoms with van der Waals surface area (Å²) in [4.78, 5) is 6.81. The number of hydrogen-bond donors (Lipinski definition) is 1. The van der Waals surface area contributed by atoms with E-state index in [1.807, 2.05) is 12.3 Å². The molecule has 4 nitrogen and oxygen atoms in total. The molecule has 1 aromatic heterocycles. The number of ether oxygens (including phenoxy) is 1. The fraction of sp³-hybridized carbons (Fsp3) is 0.688. The molecular weight excluding hydrogens is 250 g/mol. The van der Waals surface area contributed by atoms with Gasteiger partial charge in [-0.05, 0) is 38.8 Å². The molecule has 0 radical (unpaired) electrons. The molecule has 0 spiro atoms. The fourth-order valence-corrected chi connectivity index (χ4v) is 2.83. The van der Waals surface area contributed by atoms with Crippen LogP contribution in [0.2, 0.25) is 0 Å². The first-order valence-corrected chi connectivity index (χ1v) is 7.73. The number of pyridine rings is 1. The van der Waals surface area contributed by atoms with Crippen LogP contribution in [0.5, 0.6) is 0 Å². The van der Waals surface area contributed by atoms with Crippen molar-refractivity contribution in [3.8, 4) is 0 Å². The minimum absolute atomic E-state index is 0.318. The lowest BCUT2D eigenvalue weighted by Gasteiger charge is -2.30. The lowest BCUT2D eigenvalue weighted by atomic mass is 10.1. The molecule has 0 saturated carbocycles. The van der Waals surface area contributed by atoms with Crippen LogP contribution in [-0.2, 0) is 4.74 Å². The highest BCUT2D eigenvalue weighted by atomic mass is 16.5. The maximum atomic E-state index is 5.83. The molecule has 2 unspecified atom stereocenters.